The lowest BCUT2D eigenvalue weighted by Gasteiger charge is -2.23. The fraction of sp³-hybridized carbons (Fsp3) is 0.727. The van der Waals surface area contributed by atoms with Gasteiger partial charge in [0.2, 0.25) is 0 Å². The average Bonchev–Trinajstić information content (AvgIpc) is 2.19. The number of ether oxygens (including phenoxy) is 1. The number of hydrogen-bond donors (Lipinski definition) is 1. The Labute approximate surface area is 85.5 Å². The van der Waals surface area contributed by atoms with Gasteiger partial charge < -0.3 is 10.1 Å². The third-order valence-corrected chi connectivity index (χ3v) is 2.47. The number of carbonyl (C=O) groups excluding carboxylic acids is 1. The van der Waals surface area contributed by atoms with Crippen LogP contribution in [0.25, 0.3) is 0 Å². The largest absolute Gasteiger partial charge is 0.463 e. The van der Waals surface area contributed by atoms with Crippen molar-refractivity contribution in [1.29, 1.82) is 0 Å². The molecule has 0 saturated carbocycles. The summed E-state index contributed by atoms with van der Waals surface area (Å²) in [6.07, 6.45) is 4.34. The van der Waals surface area contributed by atoms with E-state index in [1.807, 2.05) is 6.92 Å². The quantitative estimate of drug-likeness (QED) is 0.550. The Morgan fingerprint density at radius 3 is 2.93 bits per heavy atom. The minimum Gasteiger partial charge on any atom is -0.463 e. The van der Waals surface area contributed by atoms with Gasteiger partial charge in [-0.25, -0.2) is 4.79 Å². The maximum absolute atomic E-state index is 11.3. The van der Waals surface area contributed by atoms with Crippen LogP contribution in [0.4, 0.5) is 0 Å². The van der Waals surface area contributed by atoms with Crippen LogP contribution in [0, 0.1) is 0 Å². The van der Waals surface area contributed by atoms with Crippen molar-refractivity contribution in [2.45, 2.75) is 38.6 Å². The van der Waals surface area contributed by atoms with Crippen molar-refractivity contribution < 1.29 is 9.53 Å². The van der Waals surface area contributed by atoms with Gasteiger partial charge in [0.05, 0.1) is 6.61 Å². The SMILES string of the molecule is C=C(CC1CCCCN1)C(=O)OCC. The average molecular weight is 197 g/mol. The first-order chi connectivity index (χ1) is 6.74. The molecule has 0 aliphatic carbocycles. The minimum absolute atomic E-state index is 0.250. The number of carbonyl (C=O) groups is 1. The molecule has 1 unspecified atom stereocenters. The van der Waals surface area contributed by atoms with Crippen molar-refractivity contribution in [1.82, 2.24) is 5.32 Å². The van der Waals surface area contributed by atoms with Gasteiger partial charge in [-0.15, -0.1) is 0 Å². The fourth-order valence-electron chi connectivity index (χ4n) is 1.71. The molecular weight excluding hydrogens is 178 g/mol. The summed E-state index contributed by atoms with van der Waals surface area (Å²) < 4.78 is 4.88. The van der Waals surface area contributed by atoms with Gasteiger partial charge in [0.1, 0.15) is 0 Å². The third kappa shape index (κ3) is 3.50. The first kappa shape index (κ1) is 11.2. The fourth-order valence-corrected chi connectivity index (χ4v) is 1.71. The van der Waals surface area contributed by atoms with E-state index in [2.05, 4.69) is 11.9 Å². The van der Waals surface area contributed by atoms with Crippen molar-refractivity contribution in [3.8, 4) is 0 Å². The van der Waals surface area contributed by atoms with E-state index in [9.17, 15) is 4.79 Å². The summed E-state index contributed by atoms with van der Waals surface area (Å²) in [7, 11) is 0. The van der Waals surface area contributed by atoms with Crippen LogP contribution >= 0.6 is 0 Å². The van der Waals surface area contributed by atoms with Crippen molar-refractivity contribution in [2.24, 2.45) is 0 Å². The Bertz CT molecular complexity index is 207. The van der Waals surface area contributed by atoms with Crippen LogP contribution in [-0.2, 0) is 9.53 Å². The molecule has 1 fully saturated rings. The second kappa shape index (κ2) is 5.81. The van der Waals surface area contributed by atoms with Gasteiger partial charge >= 0.3 is 5.97 Å². The smallest absolute Gasteiger partial charge is 0.333 e. The summed E-state index contributed by atoms with van der Waals surface area (Å²) in [5.74, 6) is -0.250. The molecule has 0 aromatic rings. The van der Waals surface area contributed by atoms with Gasteiger partial charge in [-0.1, -0.05) is 13.0 Å². The zero-order valence-electron chi connectivity index (χ0n) is 8.84. The van der Waals surface area contributed by atoms with Gasteiger partial charge in [-0.05, 0) is 32.7 Å². The maximum Gasteiger partial charge on any atom is 0.333 e. The predicted octanol–water partition coefficient (Wildman–Crippen LogP) is 1.64. The Morgan fingerprint density at radius 1 is 1.57 bits per heavy atom. The van der Waals surface area contributed by atoms with Crippen LogP contribution in [0.5, 0.6) is 0 Å². The molecule has 1 saturated heterocycles. The van der Waals surface area contributed by atoms with Crippen LogP contribution < -0.4 is 5.32 Å². The molecule has 1 atom stereocenters. The van der Waals surface area contributed by atoms with Crippen molar-refractivity contribution >= 4 is 5.97 Å². The highest BCUT2D eigenvalue weighted by Gasteiger charge is 2.17. The number of hydrogen-bond acceptors (Lipinski definition) is 3. The molecule has 1 heterocycles. The van der Waals surface area contributed by atoms with Crippen LogP contribution in [0.2, 0.25) is 0 Å². The van der Waals surface area contributed by atoms with Crippen LogP contribution in [0.3, 0.4) is 0 Å². The number of piperidine rings is 1. The molecule has 0 spiro atoms. The highest BCUT2D eigenvalue weighted by molar-refractivity contribution is 5.87. The number of nitrogens with one attached hydrogen (secondary N) is 1. The number of rotatable bonds is 4. The summed E-state index contributed by atoms with van der Waals surface area (Å²) in [5.41, 5.74) is 0.589. The molecule has 0 amide bonds. The van der Waals surface area contributed by atoms with E-state index in [1.165, 1.54) is 12.8 Å². The molecule has 0 aromatic carbocycles. The zero-order valence-corrected chi connectivity index (χ0v) is 8.84. The maximum atomic E-state index is 11.3. The van der Waals surface area contributed by atoms with E-state index in [1.54, 1.807) is 0 Å². The molecule has 0 bridgehead atoms. The molecule has 1 rings (SSSR count). The highest BCUT2D eigenvalue weighted by atomic mass is 16.5. The summed E-state index contributed by atoms with van der Waals surface area (Å²) in [6, 6.07) is 0.417. The summed E-state index contributed by atoms with van der Waals surface area (Å²) >= 11 is 0. The van der Waals surface area contributed by atoms with E-state index in [0.29, 0.717) is 18.2 Å². The summed E-state index contributed by atoms with van der Waals surface area (Å²) in [5, 5.41) is 3.38. The summed E-state index contributed by atoms with van der Waals surface area (Å²) in [6.45, 7) is 7.05. The molecule has 1 aliphatic heterocycles. The molecule has 80 valence electrons. The van der Waals surface area contributed by atoms with Crippen molar-refractivity contribution in [3.05, 3.63) is 12.2 Å². The Morgan fingerprint density at radius 2 is 2.36 bits per heavy atom. The van der Waals surface area contributed by atoms with E-state index in [-0.39, 0.29) is 5.97 Å². The van der Waals surface area contributed by atoms with Gasteiger partial charge in [0.25, 0.3) is 0 Å². The Balaban J connectivity index is 2.28. The first-order valence-electron chi connectivity index (χ1n) is 5.32. The molecular formula is C11H19NO2. The lowest BCUT2D eigenvalue weighted by atomic mass is 9.98. The molecule has 14 heavy (non-hydrogen) atoms. The van der Waals surface area contributed by atoms with Gasteiger partial charge in [0, 0.05) is 11.6 Å². The monoisotopic (exact) mass is 197 g/mol. The predicted molar refractivity (Wildman–Crippen MR) is 56.0 cm³/mol. The second-order valence-corrected chi connectivity index (χ2v) is 3.67. The lowest BCUT2D eigenvalue weighted by Crippen LogP contribution is -2.34. The Hall–Kier alpha value is -0.830. The molecule has 1 aliphatic rings. The molecule has 3 nitrogen and oxygen atoms in total. The molecule has 1 N–H and O–H groups in total. The van der Waals surface area contributed by atoms with Gasteiger partial charge in [-0.2, -0.15) is 0 Å². The van der Waals surface area contributed by atoms with E-state index >= 15 is 0 Å². The van der Waals surface area contributed by atoms with E-state index < -0.39 is 0 Å². The topological polar surface area (TPSA) is 38.3 Å². The van der Waals surface area contributed by atoms with Crippen molar-refractivity contribution in [3.63, 3.8) is 0 Å². The lowest BCUT2D eigenvalue weighted by molar-refractivity contribution is -0.138. The van der Waals surface area contributed by atoms with Crippen LogP contribution in [0.1, 0.15) is 32.6 Å². The van der Waals surface area contributed by atoms with Gasteiger partial charge in [0.15, 0.2) is 0 Å². The van der Waals surface area contributed by atoms with Gasteiger partial charge in [-0.3, -0.25) is 0 Å². The first-order valence-corrected chi connectivity index (χ1v) is 5.32. The highest BCUT2D eigenvalue weighted by Crippen LogP contribution is 2.14. The number of esters is 1. The standard InChI is InChI=1S/C11H19NO2/c1-3-14-11(13)9(2)8-10-6-4-5-7-12-10/h10,12H,2-8H2,1H3. The van der Waals surface area contributed by atoms with E-state index in [0.717, 1.165) is 19.4 Å². The third-order valence-electron chi connectivity index (χ3n) is 2.47. The zero-order chi connectivity index (χ0) is 10.4. The Kier molecular flexibility index (Phi) is 4.66. The van der Waals surface area contributed by atoms with E-state index in [4.69, 9.17) is 4.74 Å². The second-order valence-electron chi connectivity index (χ2n) is 3.67. The normalized spacial score (nSPS) is 21.6. The molecule has 0 radical (unpaired) electrons. The van der Waals surface area contributed by atoms with Crippen LogP contribution in [0.15, 0.2) is 12.2 Å². The summed E-state index contributed by atoms with van der Waals surface area (Å²) in [4.78, 5) is 11.3. The minimum atomic E-state index is -0.250. The van der Waals surface area contributed by atoms with Crippen molar-refractivity contribution in [2.75, 3.05) is 13.2 Å². The molecule has 3 heteroatoms. The van der Waals surface area contributed by atoms with Crippen LogP contribution in [-0.4, -0.2) is 25.2 Å². The molecule has 0 aromatic heterocycles.